The summed E-state index contributed by atoms with van der Waals surface area (Å²) in [4.78, 5) is 11.0. The molecule has 0 saturated heterocycles. The van der Waals surface area contributed by atoms with Crippen molar-refractivity contribution in [3.05, 3.63) is 34.9 Å². The Bertz CT molecular complexity index is 416. The summed E-state index contributed by atoms with van der Waals surface area (Å²) >= 11 is 0. The quantitative estimate of drug-likeness (QED) is 0.710. The highest BCUT2D eigenvalue weighted by molar-refractivity contribution is 5.93. The van der Waals surface area contributed by atoms with Crippen LogP contribution in [0.4, 0.5) is 0 Å². The predicted octanol–water partition coefficient (Wildman–Crippen LogP) is 1.20. The summed E-state index contributed by atoms with van der Waals surface area (Å²) in [5, 5.41) is 12.9. The van der Waals surface area contributed by atoms with Crippen molar-refractivity contribution in [2.75, 3.05) is 6.54 Å². The fourth-order valence-electron chi connectivity index (χ4n) is 1.64. The topological polar surface area (TPSA) is 75.4 Å². The summed E-state index contributed by atoms with van der Waals surface area (Å²) in [5.74, 6) is -0.163. The Morgan fingerprint density at radius 3 is 2.61 bits per heavy atom. The van der Waals surface area contributed by atoms with Crippen molar-refractivity contribution in [1.82, 2.24) is 5.32 Å². The van der Waals surface area contributed by atoms with Gasteiger partial charge in [0.05, 0.1) is 6.10 Å². The first kappa shape index (κ1) is 14.7. The van der Waals surface area contributed by atoms with Crippen molar-refractivity contribution in [2.24, 2.45) is 11.7 Å². The fourth-order valence-corrected chi connectivity index (χ4v) is 1.64. The zero-order valence-electron chi connectivity index (χ0n) is 11.2. The number of hydrogen-bond acceptors (Lipinski definition) is 3. The SMILES string of the molecule is Cc1cc(C(N)=O)ccc1CNCC(O)C(C)C. The van der Waals surface area contributed by atoms with E-state index in [0.29, 0.717) is 18.7 Å². The second kappa shape index (κ2) is 6.52. The van der Waals surface area contributed by atoms with Crippen LogP contribution in [0.15, 0.2) is 18.2 Å². The number of benzene rings is 1. The van der Waals surface area contributed by atoms with Crippen LogP contribution in [0.25, 0.3) is 0 Å². The number of nitrogens with two attached hydrogens (primary N) is 1. The summed E-state index contributed by atoms with van der Waals surface area (Å²) in [6.45, 7) is 7.16. The average molecular weight is 250 g/mol. The molecular formula is C14H22N2O2. The molecule has 0 saturated carbocycles. The molecule has 1 aromatic carbocycles. The molecule has 1 amide bonds. The number of aliphatic hydroxyl groups is 1. The molecular weight excluding hydrogens is 228 g/mol. The largest absolute Gasteiger partial charge is 0.392 e. The van der Waals surface area contributed by atoms with Gasteiger partial charge in [-0.3, -0.25) is 4.79 Å². The van der Waals surface area contributed by atoms with E-state index in [1.807, 2.05) is 26.8 Å². The van der Waals surface area contributed by atoms with Crippen LogP contribution in [0.3, 0.4) is 0 Å². The molecule has 4 N–H and O–H groups in total. The zero-order valence-corrected chi connectivity index (χ0v) is 11.2. The third kappa shape index (κ3) is 4.13. The van der Waals surface area contributed by atoms with Gasteiger partial charge in [-0.05, 0) is 36.1 Å². The van der Waals surface area contributed by atoms with Crippen molar-refractivity contribution in [2.45, 2.75) is 33.4 Å². The molecule has 0 heterocycles. The molecule has 0 aliphatic carbocycles. The summed E-state index contributed by atoms with van der Waals surface area (Å²) in [6, 6.07) is 5.41. The zero-order chi connectivity index (χ0) is 13.7. The Balaban J connectivity index is 2.56. The van der Waals surface area contributed by atoms with E-state index < -0.39 is 5.91 Å². The minimum Gasteiger partial charge on any atom is -0.392 e. The summed E-state index contributed by atoms with van der Waals surface area (Å²) in [6.07, 6.45) is -0.338. The Labute approximate surface area is 108 Å². The van der Waals surface area contributed by atoms with Crippen molar-refractivity contribution in [3.63, 3.8) is 0 Å². The highest BCUT2D eigenvalue weighted by Gasteiger charge is 2.09. The second-order valence-electron chi connectivity index (χ2n) is 4.95. The Kier molecular flexibility index (Phi) is 5.31. The van der Waals surface area contributed by atoms with Gasteiger partial charge in [0.15, 0.2) is 0 Å². The number of carbonyl (C=O) groups is 1. The maximum absolute atomic E-state index is 11.0. The number of nitrogens with one attached hydrogen (secondary N) is 1. The molecule has 1 aromatic rings. The van der Waals surface area contributed by atoms with Gasteiger partial charge in [0.1, 0.15) is 0 Å². The van der Waals surface area contributed by atoms with Gasteiger partial charge in [-0.25, -0.2) is 0 Å². The van der Waals surface area contributed by atoms with Crippen molar-refractivity contribution in [3.8, 4) is 0 Å². The molecule has 0 aliphatic heterocycles. The van der Waals surface area contributed by atoms with Gasteiger partial charge in [-0.2, -0.15) is 0 Å². The molecule has 0 aromatic heterocycles. The van der Waals surface area contributed by atoms with Crippen LogP contribution in [-0.2, 0) is 6.54 Å². The van der Waals surface area contributed by atoms with E-state index in [1.165, 1.54) is 0 Å². The lowest BCUT2D eigenvalue weighted by atomic mass is 10.0. The lowest BCUT2D eigenvalue weighted by molar-refractivity contribution is 0.1000. The smallest absolute Gasteiger partial charge is 0.248 e. The molecule has 0 bridgehead atoms. The molecule has 100 valence electrons. The lowest BCUT2D eigenvalue weighted by Gasteiger charge is -2.15. The molecule has 4 nitrogen and oxygen atoms in total. The van der Waals surface area contributed by atoms with E-state index >= 15 is 0 Å². The van der Waals surface area contributed by atoms with Crippen LogP contribution in [-0.4, -0.2) is 23.7 Å². The Morgan fingerprint density at radius 2 is 2.11 bits per heavy atom. The molecule has 1 atom stereocenters. The molecule has 0 fully saturated rings. The molecule has 1 unspecified atom stereocenters. The normalized spacial score (nSPS) is 12.7. The number of aryl methyl sites for hydroxylation is 1. The number of carbonyl (C=O) groups excluding carboxylic acids is 1. The van der Waals surface area contributed by atoms with Crippen LogP contribution in [0, 0.1) is 12.8 Å². The van der Waals surface area contributed by atoms with E-state index in [-0.39, 0.29) is 12.0 Å². The number of aliphatic hydroxyl groups excluding tert-OH is 1. The van der Waals surface area contributed by atoms with E-state index in [0.717, 1.165) is 11.1 Å². The van der Waals surface area contributed by atoms with Gasteiger partial charge in [0.2, 0.25) is 5.91 Å². The van der Waals surface area contributed by atoms with Crippen molar-refractivity contribution in [1.29, 1.82) is 0 Å². The fraction of sp³-hybridized carbons (Fsp3) is 0.500. The molecule has 0 aliphatic rings. The van der Waals surface area contributed by atoms with Crippen LogP contribution >= 0.6 is 0 Å². The van der Waals surface area contributed by atoms with Crippen molar-refractivity contribution < 1.29 is 9.90 Å². The van der Waals surface area contributed by atoms with E-state index in [1.54, 1.807) is 12.1 Å². The number of primary amides is 1. The first-order valence-electron chi connectivity index (χ1n) is 6.20. The van der Waals surface area contributed by atoms with E-state index in [2.05, 4.69) is 5.32 Å². The highest BCUT2D eigenvalue weighted by atomic mass is 16.3. The first-order valence-corrected chi connectivity index (χ1v) is 6.20. The van der Waals surface area contributed by atoms with Gasteiger partial charge in [0.25, 0.3) is 0 Å². The minimum absolute atomic E-state index is 0.246. The van der Waals surface area contributed by atoms with Gasteiger partial charge >= 0.3 is 0 Å². The molecule has 0 radical (unpaired) electrons. The van der Waals surface area contributed by atoms with Crippen LogP contribution < -0.4 is 11.1 Å². The summed E-state index contributed by atoms with van der Waals surface area (Å²) in [5.41, 5.74) is 7.88. The maximum atomic E-state index is 11.0. The standard InChI is InChI=1S/C14H22N2O2/c1-9(2)13(17)8-16-7-12-5-4-11(14(15)18)6-10(12)3/h4-6,9,13,16-17H,7-8H2,1-3H3,(H2,15,18). The third-order valence-corrected chi connectivity index (χ3v) is 3.07. The minimum atomic E-state index is -0.409. The number of hydrogen-bond donors (Lipinski definition) is 3. The van der Waals surface area contributed by atoms with Crippen molar-refractivity contribution >= 4 is 5.91 Å². The van der Waals surface area contributed by atoms with E-state index in [4.69, 9.17) is 5.73 Å². The number of rotatable bonds is 6. The highest BCUT2D eigenvalue weighted by Crippen LogP contribution is 2.11. The predicted molar refractivity (Wildman–Crippen MR) is 72.2 cm³/mol. The number of amides is 1. The van der Waals surface area contributed by atoms with Crippen LogP contribution in [0.5, 0.6) is 0 Å². The van der Waals surface area contributed by atoms with Gasteiger partial charge in [0, 0.05) is 18.7 Å². The third-order valence-electron chi connectivity index (χ3n) is 3.07. The lowest BCUT2D eigenvalue weighted by Crippen LogP contribution is -2.30. The van der Waals surface area contributed by atoms with E-state index in [9.17, 15) is 9.90 Å². The van der Waals surface area contributed by atoms with Gasteiger partial charge in [-0.1, -0.05) is 19.9 Å². The monoisotopic (exact) mass is 250 g/mol. The van der Waals surface area contributed by atoms with Gasteiger partial charge < -0.3 is 16.2 Å². The Hall–Kier alpha value is -1.39. The van der Waals surface area contributed by atoms with Crippen LogP contribution in [0.1, 0.15) is 35.3 Å². The van der Waals surface area contributed by atoms with Crippen LogP contribution in [0.2, 0.25) is 0 Å². The van der Waals surface area contributed by atoms with Gasteiger partial charge in [-0.15, -0.1) is 0 Å². The average Bonchev–Trinajstić information content (AvgIpc) is 2.30. The Morgan fingerprint density at radius 1 is 1.44 bits per heavy atom. The summed E-state index contributed by atoms with van der Waals surface area (Å²) < 4.78 is 0. The first-order chi connectivity index (χ1) is 8.41. The molecule has 0 spiro atoms. The second-order valence-corrected chi connectivity index (χ2v) is 4.95. The summed E-state index contributed by atoms with van der Waals surface area (Å²) in [7, 11) is 0. The maximum Gasteiger partial charge on any atom is 0.248 e. The molecule has 1 rings (SSSR count). The molecule has 18 heavy (non-hydrogen) atoms. The molecule has 4 heteroatoms.